The van der Waals surface area contributed by atoms with Gasteiger partial charge < -0.3 is 4.90 Å². The molecular weight excluding hydrogens is 301 g/mol. The Kier molecular flexibility index (Phi) is 3.96. The van der Waals surface area contributed by atoms with E-state index >= 15 is 0 Å². The molecule has 116 valence electrons. The van der Waals surface area contributed by atoms with E-state index in [0.29, 0.717) is 6.42 Å². The molecule has 21 heavy (non-hydrogen) atoms. The van der Waals surface area contributed by atoms with Crippen LogP contribution in [0.5, 0.6) is 0 Å². The van der Waals surface area contributed by atoms with Crippen LogP contribution in [0, 0.1) is 0 Å². The summed E-state index contributed by atoms with van der Waals surface area (Å²) in [7, 11) is 0. The van der Waals surface area contributed by atoms with Gasteiger partial charge >= 0.3 is 6.18 Å². The number of amides is 1. The monoisotopic (exact) mass is 318 g/mol. The number of likely N-dealkylation sites (tertiary alicyclic amines) is 2. The van der Waals surface area contributed by atoms with E-state index in [4.69, 9.17) is 0 Å². The van der Waals surface area contributed by atoms with Gasteiger partial charge in [-0.1, -0.05) is 0 Å². The Labute approximate surface area is 125 Å². The number of hydrogen-bond donors (Lipinski definition) is 0. The van der Waals surface area contributed by atoms with Crippen LogP contribution in [0.25, 0.3) is 0 Å². The molecule has 0 bridgehead atoms. The van der Waals surface area contributed by atoms with Gasteiger partial charge in [0, 0.05) is 12.6 Å². The molecule has 0 aromatic carbocycles. The largest absolute Gasteiger partial charge is 0.406 e. The Morgan fingerprint density at radius 1 is 1.24 bits per heavy atom. The molecule has 2 aliphatic heterocycles. The molecule has 2 fully saturated rings. The lowest BCUT2D eigenvalue weighted by atomic mass is 10.1. The fourth-order valence-electron chi connectivity index (χ4n) is 3.39. The summed E-state index contributed by atoms with van der Waals surface area (Å²) in [4.78, 5) is 15.3. The van der Waals surface area contributed by atoms with E-state index in [0.717, 1.165) is 24.3 Å². The van der Waals surface area contributed by atoms with Gasteiger partial charge in [-0.2, -0.15) is 24.5 Å². The lowest BCUT2D eigenvalue weighted by molar-refractivity contribution is -0.159. The summed E-state index contributed by atoms with van der Waals surface area (Å²) < 4.78 is 37.4. The summed E-state index contributed by atoms with van der Waals surface area (Å²) in [5.41, 5.74) is 1.18. The molecule has 0 spiro atoms. The zero-order valence-corrected chi connectivity index (χ0v) is 12.3. The van der Waals surface area contributed by atoms with Gasteiger partial charge in [-0.3, -0.25) is 9.69 Å². The minimum absolute atomic E-state index is 0.177. The highest BCUT2D eigenvalue weighted by Gasteiger charge is 2.44. The van der Waals surface area contributed by atoms with Crippen LogP contribution in [0.2, 0.25) is 0 Å². The summed E-state index contributed by atoms with van der Waals surface area (Å²) in [6.45, 7) is -0.133. The van der Waals surface area contributed by atoms with Gasteiger partial charge in [0.1, 0.15) is 6.54 Å². The number of nitrogens with zero attached hydrogens (tertiary/aromatic N) is 2. The predicted molar refractivity (Wildman–Crippen MR) is 74.0 cm³/mol. The van der Waals surface area contributed by atoms with Crippen molar-refractivity contribution in [2.24, 2.45) is 0 Å². The summed E-state index contributed by atoms with van der Waals surface area (Å²) >= 11 is 1.61. The van der Waals surface area contributed by atoms with Crippen molar-refractivity contribution in [2.75, 3.05) is 19.6 Å². The molecule has 2 atom stereocenters. The molecule has 0 unspecified atom stereocenters. The molecule has 1 amide bonds. The molecule has 2 aliphatic rings. The van der Waals surface area contributed by atoms with Crippen LogP contribution in [0.15, 0.2) is 16.8 Å². The Balaban J connectivity index is 1.71. The molecular formula is C14H17F3N2OS. The van der Waals surface area contributed by atoms with Gasteiger partial charge in [-0.05, 0) is 48.2 Å². The van der Waals surface area contributed by atoms with Crippen LogP contribution in [-0.2, 0) is 4.79 Å². The van der Waals surface area contributed by atoms with Crippen molar-refractivity contribution in [3.8, 4) is 0 Å². The van der Waals surface area contributed by atoms with E-state index < -0.39 is 12.7 Å². The van der Waals surface area contributed by atoms with Crippen LogP contribution >= 0.6 is 11.3 Å². The number of hydrogen-bond acceptors (Lipinski definition) is 3. The Morgan fingerprint density at radius 3 is 2.71 bits per heavy atom. The predicted octanol–water partition coefficient (Wildman–Crippen LogP) is 3.05. The molecule has 0 aliphatic carbocycles. The van der Waals surface area contributed by atoms with E-state index in [2.05, 4.69) is 10.3 Å². The molecule has 0 saturated carbocycles. The van der Waals surface area contributed by atoms with E-state index in [1.54, 1.807) is 11.3 Å². The van der Waals surface area contributed by atoms with Gasteiger partial charge in [-0.25, -0.2) is 0 Å². The fourth-order valence-corrected chi connectivity index (χ4v) is 4.10. The normalized spacial score (nSPS) is 27.8. The first kappa shape index (κ1) is 14.8. The SMILES string of the molecule is O=C1[C@@H](N2CCC[C@@H]2c2ccsc2)CCN1CC(F)(F)F. The van der Waals surface area contributed by atoms with Gasteiger partial charge in [0.25, 0.3) is 0 Å². The van der Waals surface area contributed by atoms with E-state index in [1.165, 1.54) is 5.56 Å². The maximum atomic E-state index is 12.5. The van der Waals surface area contributed by atoms with Crippen molar-refractivity contribution in [3.05, 3.63) is 22.4 Å². The average molecular weight is 318 g/mol. The highest BCUT2D eigenvalue weighted by Crippen LogP contribution is 2.37. The second kappa shape index (κ2) is 5.61. The van der Waals surface area contributed by atoms with E-state index in [9.17, 15) is 18.0 Å². The van der Waals surface area contributed by atoms with Crippen LogP contribution in [0.1, 0.15) is 30.9 Å². The lowest BCUT2D eigenvalue weighted by Crippen LogP contribution is -2.43. The van der Waals surface area contributed by atoms with Gasteiger partial charge in [0.15, 0.2) is 0 Å². The molecule has 1 aromatic heterocycles. The van der Waals surface area contributed by atoms with E-state index in [-0.39, 0.29) is 24.5 Å². The standard InChI is InChI=1S/C14H17F3N2OS/c15-14(16,17)9-18-6-3-12(13(18)20)19-5-1-2-11(19)10-4-7-21-8-10/h4,7-8,11-12H,1-3,5-6,9H2/t11-,12+/m1/s1. The second-order valence-corrected chi connectivity index (χ2v) is 6.41. The molecule has 3 heterocycles. The first-order valence-corrected chi connectivity index (χ1v) is 8.03. The van der Waals surface area contributed by atoms with Crippen molar-refractivity contribution < 1.29 is 18.0 Å². The highest BCUT2D eigenvalue weighted by atomic mass is 32.1. The Hall–Kier alpha value is -1.08. The lowest BCUT2D eigenvalue weighted by Gasteiger charge is -2.29. The Bertz CT molecular complexity index is 503. The molecule has 7 heteroatoms. The zero-order chi connectivity index (χ0) is 15.0. The number of carbonyl (C=O) groups excluding carboxylic acids is 1. The van der Waals surface area contributed by atoms with Gasteiger partial charge in [-0.15, -0.1) is 0 Å². The number of rotatable bonds is 3. The summed E-state index contributed by atoms with van der Waals surface area (Å²) in [5.74, 6) is -0.366. The second-order valence-electron chi connectivity index (χ2n) is 5.63. The third kappa shape index (κ3) is 3.08. The first-order chi connectivity index (χ1) is 9.96. The van der Waals surface area contributed by atoms with Crippen molar-refractivity contribution >= 4 is 17.2 Å². The zero-order valence-electron chi connectivity index (χ0n) is 11.5. The van der Waals surface area contributed by atoms with Crippen LogP contribution in [-0.4, -0.2) is 47.6 Å². The fraction of sp³-hybridized carbons (Fsp3) is 0.643. The molecule has 3 rings (SSSR count). The maximum Gasteiger partial charge on any atom is 0.406 e. The summed E-state index contributed by atoms with van der Waals surface area (Å²) in [6.07, 6.45) is -1.86. The number of halogens is 3. The molecule has 3 nitrogen and oxygen atoms in total. The smallest absolute Gasteiger partial charge is 0.332 e. The van der Waals surface area contributed by atoms with Crippen molar-refractivity contribution in [3.63, 3.8) is 0 Å². The van der Waals surface area contributed by atoms with Crippen molar-refractivity contribution in [1.82, 2.24) is 9.80 Å². The summed E-state index contributed by atoms with van der Waals surface area (Å²) in [6, 6.07) is 1.83. The number of carbonyl (C=O) groups is 1. The molecule has 0 N–H and O–H groups in total. The molecule has 2 saturated heterocycles. The minimum Gasteiger partial charge on any atom is -0.332 e. The Morgan fingerprint density at radius 2 is 2.05 bits per heavy atom. The third-order valence-corrected chi connectivity index (χ3v) is 4.96. The van der Waals surface area contributed by atoms with Crippen LogP contribution in [0.3, 0.4) is 0 Å². The minimum atomic E-state index is -4.32. The van der Waals surface area contributed by atoms with Crippen LogP contribution in [0.4, 0.5) is 13.2 Å². The maximum absolute atomic E-state index is 12.5. The number of thiophene rings is 1. The van der Waals surface area contributed by atoms with Crippen molar-refractivity contribution in [1.29, 1.82) is 0 Å². The average Bonchev–Trinajstić information content (AvgIpc) is 3.09. The quantitative estimate of drug-likeness (QED) is 0.855. The molecule has 0 radical (unpaired) electrons. The van der Waals surface area contributed by atoms with Crippen molar-refractivity contribution in [2.45, 2.75) is 37.5 Å². The van der Waals surface area contributed by atoms with E-state index in [1.807, 2.05) is 11.4 Å². The van der Waals surface area contributed by atoms with Gasteiger partial charge in [0.2, 0.25) is 5.91 Å². The topological polar surface area (TPSA) is 23.6 Å². The highest BCUT2D eigenvalue weighted by molar-refractivity contribution is 7.07. The van der Waals surface area contributed by atoms with Crippen LogP contribution < -0.4 is 0 Å². The van der Waals surface area contributed by atoms with Gasteiger partial charge in [0.05, 0.1) is 6.04 Å². The first-order valence-electron chi connectivity index (χ1n) is 7.09. The number of alkyl halides is 3. The summed E-state index contributed by atoms with van der Waals surface area (Å²) in [5, 5.41) is 4.06. The molecule has 1 aromatic rings. The third-order valence-electron chi connectivity index (χ3n) is 4.26.